The van der Waals surface area contributed by atoms with Crippen LogP contribution in [0.15, 0.2) is 36.4 Å². The van der Waals surface area contributed by atoms with Gasteiger partial charge < -0.3 is 5.11 Å². The highest BCUT2D eigenvalue weighted by molar-refractivity contribution is 6.34. The van der Waals surface area contributed by atoms with Crippen molar-refractivity contribution in [1.82, 2.24) is 0 Å². The molecule has 1 aromatic rings. The topological polar surface area (TPSA) is 54.4 Å². The fourth-order valence-electron chi connectivity index (χ4n) is 0.898. The van der Waals surface area contributed by atoms with Gasteiger partial charge in [0.1, 0.15) is 0 Å². The van der Waals surface area contributed by atoms with Crippen LogP contribution in [0.2, 0.25) is 5.02 Å². The van der Waals surface area contributed by atoms with Crippen molar-refractivity contribution in [2.75, 3.05) is 0 Å². The van der Waals surface area contributed by atoms with Crippen molar-refractivity contribution in [3.8, 4) is 0 Å². The first-order chi connectivity index (χ1) is 6.61. The Hall–Kier alpha value is -1.61. The molecule has 1 rings (SSSR count). The molecule has 0 atom stereocenters. The van der Waals surface area contributed by atoms with Crippen LogP contribution in [0.5, 0.6) is 0 Å². The number of rotatable bonds is 3. The average molecular weight is 211 g/mol. The van der Waals surface area contributed by atoms with E-state index in [9.17, 15) is 9.59 Å². The van der Waals surface area contributed by atoms with E-state index in [1.165, 1.54) is 6.07 Å². The van der Waals surface area contributed by atoms with Crippen molar-refractivity contribution in [2.45, 2.75) is 0 Å². The van der Waals surface area contributed by atoms with Crippen LogP contribution < -0.4 is 0 Å². The number of carbonyl (C=O) groups excluding carboxylic acids is 1. The molecule has 14 heavy (non-hydrogen) atoms. The Morgan fingerprint density at radius 2 is 1.86 bits per heavy atom. The second-order valence-corrected chi connectivity index (χ2v) is 2.92. The van der Waals surface area contributed by atoms with E-state index in [0.29, 0.717) is 10.6 Å². The van der Waals surface area contributed by atoms with Crippen LogP contribution >= 0.6 is 11.6 Å². The van der Waals surface area contributed by atoms with E-state index in [2.05, 4.69) is 0 Å². The molecule has 0 spiro atoms. The number of benzene rings is 1. The number of halogens is 1. The molecule has 3 nitrogen and oxygen atoms in total. The van der Waals surface area contributed by atoms with Crippen LogP contribution in [0, 0.1) is 0 Å². The van der Waals surface area contributed by atoms with Gasteiger partial charge in [0.25, 0.3) is 0 Å². The number of carboxylic acids is 1. The van der Waals surface area contributed by atoms with E-state index in [-0.39, 0.29) is 0 Å². The monoisotopic (exact) mass is 210 g/mol. The zero-order chi connectivity index (χ0) is 10.6. The third kappa shape index (κ3) is 2.71. The molecule has 0 fully saturated rings. The molecular weight excluding hydrogens is 204 g/mol. The van der Waals surface area contributed by atoms with E-state index >= 15 is 0 Å². The smallest absolute Gasteiger partial charge is 0.328 e. The summed E-state index contributed by atoms with van der Waals surface area (Å²) in [4.78, 5) is 21.5. The highest BCUT2D eigenvalue weighted by Crippen LogP contribution is 2.15. The molecule has 0 saturated carbocycles. The van der Waals surface area contributed by atoms with Gasteiger partial charge in [-0.25, -0.2) is 4.79 Å². The SMILES string of the molecule is O=C(O)/C=C/C(=O)c1ccccc1Cl. The van der Waals surface area contributed by atoms with Gasteiger partial charge in [-0.05, 0) is 18.2 Å². The average Bonchev–Trinajstić information content (AvgIpc) is 2.15. The maximum Gasteiger partial charge on any atom is 0.328 e. The summed E-state index contributed by atoms with van der Waals surface area (Å²) in [5, 5.41) is 8.62. The van der Waals surface area contributed by atoms with E-state index < -0.39 is 11.8 Å². The molecule has 72 valence electrons. The van der Waals surface area contributed by atoms with Crippen molar-refractivity contribution in [1.29, 1.82) is 0 Å². The molecule has 0 aliphatic heterocycles. The third-order valence-electron chi connectivity index (χ3n) is 1.52. The van der Waals surface area contributed by atoms with E-state index in [0.717, 1.165) is 12.2 Å². The van der Waals surface area contributed by atoms with Gasteiger partial charge in [-0.15, -0.1) is 0 Å². The standard InChI is InChI=1S/C10H7ClO3/c11-8-4-2-1-3-7(8)9(12)5-6-10(13)14/h1-6H,(H,13,14)/b6-5+. The van der Waals surface area contributed by atoms with E-state index in [1.54, 1.807) is 18.2 Å². The van der Waals surface area contributed by atoms with Gasteiger partial charge in [-0.3, -0.25) is 4.79 Å². The third-order valence-corrected chi connectivity index (χ3v) is 1.85. The van der Waals surface area contributed by atoms with E-state index in [1.807, 2.05) is 0 Å². The Morgan fingerprint density at radius 1 is 1.21 bits per heavy atom. The number of hydrogen-bond acceptors (Lipinski definition) is 2. The van der Waals surface area contributed by atoms with Gasteiger partial charge in [0.15, 0.2) is 5.78 Å². The highest BCUT2D eigenvalue weighted by atomic mass is 35.5. The summed E-state index contributed by atoms with van der Waals surface area (Å²) in [6.07, 6.45) is 1.76. The van der Waals surface area contributed by atoms with Gasteiger partial charge in [-0.2, -0.15) is 0 Å². The maximum atomic E-state index is 11.3. The zero-order valence-corrected chi connectivity index (χ0v) is 7.86. The first-order valence-corrected chi connectivity index (χ1v) is 4.19. The van der Waals surface area contributed by atoms with E-state index in [4.69, 9.17) is 16.7 Å². The summed E-state index contributed by atoms with van der Waals surface area (Å²) in [6.45, 7) is 0. The molecule has 0 saturated heterocycles. The predicted molar refractivity (Wildman–Crippen MR) is 52.6 cm³/mol. The fourth-order valence-corrected chi connectivity index (χ4v) is 1.13. The summed E-state index contributed by atoms with van der Waals surface area (Å²) < 4.78 is 0. The Bertz CT molecular complexity index is 396. The van der Waals surface area contributed by atoms with Gasteiger partial charge in [-0.1, -0.05) is 23.7 Å². The lowest BCUT2D eigenvalue weighted by atomic mass is 10.1. The summed E-state index contributed by atoms with van der Waals surface area (Å²) in [7, 11) is 0. The van der Waals surface area contributed by atoms with Crippen molar-refractivity contribution < 1.29 is 14.7 Å². The molecule has 0 radical (unpaired) electrons. The minimum atomic E-state index is -1.16. The normalized spacial score (nSPS) is 10.4. The molecule has 1 N–H and O–H groups in total. The Morgan fingerprint density at radius 3 is 2.43 bits per heavy atom. The Kier molecular flexibility index (Phi) is 3.42. The number of ketones is 1. The minimum absolute atomic E-state index is 0.298. The Labute approximate surface area is 85.6 Å². The van der Waals surface area contributed by atoms with Gasteiger partial charge in [0, 0.05) is 11.6 Å². The van der Waals surface area contributed by atoms with Crippen LogP contribution in [0.4, 0.5) is 0 Å². The molecule has 1 aromatic carbocycles. The summed E-state index contributed by atoms with van der Waals surface area (Å²) >= 11 is 5.73. The number of carboxylic acid groups (broad SMARTS) is 1. The minimum Gasteiger partial charge on any atom is -0.478 e. The maximum absolute atomic E-state index is 11.3. The van der Waals surface area contributed by atoms with Crippen molar-refractivity contribution >= 4 is 23.4 Å². The van der Waals surface area contributed by atoms with Crippen molar-refractivity contribution in [2.24, 2.45) is 0 Å². The quantitative estimate of drug-likeness (QED) is 0.615. The predicted octanol–water partition coefficient (Wildman–Crippen LogP) is 2.16. The molecule has 0 aliphatic carbocycles. The molecule has 4 heteroatoms. The molecule has 0 unspecified atom stereocenters. The summed E-state index contributed by atoms with van der Waals surface area (Å²) in [6, 6.07) is 6.47. The van der Waals surface area contributed by atoms with Crippen molar-refractivity contribution in [3.63, 3.8) is 0 Å². The first kappa shape index (κ1) is 10.5. The number of carbonyl (C=O) groups is 2. The van der Waals surface area contributed by atoms with Crippen LogP contribution in [-0.4, -0.2) is 16.9 Å². The fraction of sp³-hybridized carbons (Fsp3) is 0. The van der Waals surface area contributed by atoms with Crippen LogP contribution in [0.3, 0.4) is 0 Å². The molecule has 0 amide bonds. The number of aliphatic carboxylic acids is 1. The molecule has 0 aliphatic rings. The van der Waals surface area contributed by atoms with Crippen LogP contribution in [0.1, 0.15) is 10.4 Å². The summed E-state index contributed by atoms with van der Waals surface area (Å²) in [5.41, 5.74) is 0.298. The number of allylic oxidation sites excluding steroid dienone is 1. The summed E-state index contributed by atoms with van der Waals surface area (Å²) in [5.74, 6) is -1.58. The van der Waals surface area contributed by atoms with Crippen LogP contribution in [0.25, 0.3) is 0 Å². The Balaban J connectivity index is 2.91. The largest absolute Gasteiger partial charge is 0.478 e. The lowest BCUT2D eigenvalue weighted by Gasteiger charge is -1.97. The number of hydrogen-bond donors (Lipinski definition) is 1. The van der Waals surface area contributed by atoms with Gasteiger partial charge in [0.05, 0.1) is 5.02 Å². The molecule has 0 heterocycles. The van der Waals surface area contributed by atoms with Crippen LogP contribution in [-0.2, 0) is 4.79 Å². The van der Waals surface area contributed by atoms with Gasteiger partial charge in [0.2, 0.25) is 0 Å². The zero-order valence-electron chi connectivity index (χ0n) is 7.11. The lowest BCUT2D eigenvalue weighted by molar-refractivity contribution is -0.131. The molecule has 0 aromatic heterocycles. The van der Waals surface area contributed by atoms with Gasteiger partial charge >= 0.3 is 5.97 Å². The van der Waals surface area contributed by atoms with Crippen molar-refractivity contribution in [3.05, 3.63) is 47.0 Å². The highest BCUT2D eigenvalue weighted by Gasteiger charge is 2.05. The second-order valence-electron chi connectivity index (χ2n) is 2.52. The molecule has 0 bridgehead atoms. The first-order valence-electron chi connectivity index (χ1n) is 3.81. The molecular formula is C10H7ClO3. The lowest BCUT2D eigenvalue weighted by Crippen LogP contribution is -1.97. The second kappa shape index (κ2) is 4.58.